The molecule has 0 radical (unpaired) electrons. The molecule has 1 amide bonds. The Bertz CT molecular complexity index is 1110. The van der Waals surface area contributed by atoms with Crippen LogP contribution in [-0.4, -0.2) is 73.4 Å². The fourth-order valence-corrected chi connectivity index (χ4v) is 6.23. The van der Waals surface area contributed by atoms with Gasteiger partial charge in [0.1, 0.15) is 13.2 Å². The number of phosphoric acid groups is 1. The van der Waals surface area contributed by atoms with Gasteiger partial charge in [0.05, 0.1) is 39.9 Å². The van der Waals surface area contributed by atoms with Crippen molar-refractivity contribution in [3.8, 4) is 0 Å². The van der Waals surface area contributed by atoms with Gasteiger partial charge in [-0.1, -0.05) is 145 Å². The third-order valence-corrected chi connectivity index (χ3v) is 9.87. The van der Waals surface area contributed by atoms with Crippen LogP contribution < -0.4 is 5.32 Å². The molecule has 0 aliphatic rings. The number of likely N-dealkylation sites (N-methyl/N-ethyl adjacent to an activating group) is 1. The van der Waals surface area contributed by atoms with Crippen LogP contribution in [0.4, 0.5) is 0 Å². The standard InChI is InChI=1S/C45H81N2O6P/c1-6-8-10-12-14-16-18-20-22-23-25-27-29-31-33-35-37-39-45(49)46-43(42-53-54(50,51)52-41-40-47(3,4)5)44(48)38-36-34-32-30-28-26-24-21-19-17-15-13-11-9-7-2/h8,10,14,16,19-22,28,30,36,38,43-44,48H,6-7,9,11-13,15,17-18,23-27,29,31-35,37,39-42H2,1-5H3,(H-,46,49,50,51)/p+1/b10-8-,16-14-,21-19+,22-20-,30-28+,38-36+. The van der Waals surface area contributed by atoms with Crippen molar-refractivity contribution >= 4 is 13.7 Å². The third kappa shape index (κ3) is 38.2. The predicted octanol–water partition coefficient (Wildman–Crippen LogP) is 11.6. The van der Waals surface area contributed by atoms with Gasteiger partial charge in [0.15, 0.2) is 0 Å². The highest BCUT2D eigenvalue weighted by Gasteiger charge is 2.27. The van der Waals surface area contributed by atoms with E-state index >= 15 is 0 Å². The van der Waals surface area contributed by atoms with Gasteiger partial charge in [0, 0.05) is 6.42 Å². The lowest BCUT2D eigenvalue weighted by Crippen LogP contribution is -2.45. The summed E-state index contributed by atoms with van der Waals surface area (Å²) in [5.41, 5.74) is 0. The van der Waals surface area contributed by atoms with Crippen molar-refractivity contribution in [2.45, 2.75) is 167 Å². The summed E-state index contributed by atoms with van der Waals surface area (Å²) in [5.74, 6) is -0.206. The maximum absolute atomic E-state index is 12.8. The van der Waals surface area contributed by atoms with E-state index in [1.165, 1.54) is 57.8 Å². The van der Waals surface area contributed by atoms with Crippen molar-refractivity contribution in [2.24, 2.45) is 0 Å². The van der Waals surface area contributed by atoms with Crippen LogP contribution >= 0.6 is 7.82 Å². The van der Waals surface area contributed by atoms with Gasteiger partial charge >= 0.3 is 7.82 Å². The number of aliphatic hydroxyl groups excluding tert-OH is 1. The van der Waals surface area contributed by atoms with Crippen LogP contribution in [0.1, 0.15) is 155 Å². The first-order valence-corrected chi connectivity index (χ1v) is 22.8. The summed E-state index contributed by atoms with van der Waals surface area (Å²) in [4.78, 5) is 23.1. The molecule has 3 atom stereocenters. The number of quaternary nitrogens is 1. The highest BCUT2D eigenvalue weighted by atomic mass is 31.2. The zero-order valence-corrected chi connectivity index (χ0v) is 36.1. The molecule has 54 heavy (non-hydrogen) atoms. The van der Waals surface area contributed by atoms with Gasteiger partial charge in [0.25, 0.3) is 0 Å². The number of hydrogen-bond donors (Lipinski definition) is 3. The molecule has 0 fully saturated rings. The molecule has 0 aromatic carbocycles. The molecule has 3 N–H and O–H groups in total. The van der Waals surface area contributed by atoms with Gasteiger partial charge in [-0.3, -0.25) is 13.8 Å². The second kappa shape index (κ2) is 36.6. The SMILES string of the molecule is CC/C=C\C/C=C\C/C=C\CCCCCCCCCC(=O)NC(COP(=O)(O)OCC[N+](C)(C)C)C(O)/C=C/CC/C=C/CC/C=C/CCCCCCC. The fourth-order valence-electron chi connectivity index (χ4n) is 5.50. The summed E-state index contributed by atoms with van der Waals surface area (Å²) in [7, 11) is 1.52. The normalized spacial score (nSPS) is 15.2. The summed E-state index contributed by atoms with van der Waals surface area (Å²) < 4.78 is 23.5. The molecule has 0 saturated carbocycles. The zero-order chi connectivity index (χ0) is 40.0. The van der Waals surface area contributed by atoms with Crippen LogP contribution in [0, 0.1) is 0 Å². The molecule has 0 saturated heterocycles. The number of allylic oxidation sites excluding steroid dienone is 11. The zero-order valence-electron chi connectivity index (χ0n) is 35.2. The molecule has 0 bridgehead atoms. The topological polar surface area (TPSA) is 105 Å². The van der Waals surface area contributed by atoms with E-state index in [-0.39, 0.29) is 19.1 Å². The van der Waals surface area contributed by atoms with Gasteiger partial charge in [0.2, 0.25) is 5.91 Å². The molecule has 0 heterocycles. The van der Waals surface area contributed by atoms with Gasteiger partial charge in [-0.25, -0.2) is 4.57 Å². The summed E-state index contributed by atoms with van der Waals surface area (Å²) >= 11 is 0. The van der Waals surface area contributed by atoms with E-state index in [1.54, 1.807) is 6.08 Å². The number of carbonyl (C=O) groups excluding carboxylic acids is 1. The smallest absolute Gasteiger partial charge is 0.387 e. The van der Waals surface area contributed by atoms with Crippen LogP contribution in [0.3, 0.4) is 0 Å². The van der Waals surface area contributed by atoms with Crippen molar-refractivity contribution in [3.05, 3.63) is 72.9 Å². The Labute approximate surface area is 332 Å². The molecule has 8 nitrogen and oxygen atoms in total. The molecule has 0 rings (SSSR count). The summed E-state index contributed by atoms with van der Waals surface area (Å²) in [6, 6.07) is -0.877. The van der Waals surface area contributed by atoms with Gasteiger partial charge in [-0.2, -0.15) is 0 Å². The number of phosphoric ester groups is 1. The van der Waals surface area contributed by atoms with E-state index in [2.05, 4.69) is 79.9 Å². The molecule has 312 valence electrons. The van der Waals surface area contributed by atoms with E-state index in [0.29, 0.717) is 17.4 Å². The van der Waals surface area contributed by atoms with E-state index in [4.69, 9.17) is 9.05 Å². The summed E-state index contributed by atoms with van der Waals surface area (Å²) in [6.45, 7) is 4.62. The Morgan fingerprint density at radius 3 is 1.70 bits per heavy atom. The lowest BCUT2D eigenvalue weighted by molar-refractivity contribution is -0.870. The quantitative estimate of drug-likeness (QED) is 0.0251. The highest BCUT2D eigenvalue weighted by Crippen LogP contribution is 2.43. The Balaban J connectivity index is 4.56. The predicted molar refractivity (Wildman–Crippen MR) is 230 cm³/mol. The number of nitrogens with zero attached hydrogens (tertiary/aromatic N) is 1. The van der Waals surface area contributed by atoms with Gasteiger partial charge in [-0.05, 0) is 77.0 Å². The Morgan fingerprint density at radius 2 is 1.13 bits per heavy atom. The summed E-state index contributed by atoms with van der Waals surface area (Å²) in [5, 5.41) is 13.8. The summed E-state index contributed by atoms with van der Waals surface area (Å²) in [6.07, 6.45) is 48.2. The molecule has 0 spiro atoms. The lowest BCUT2D eigenvalue weighted by atomic mass is 10.1. The first kappa shape index (κ1) is 51.9. The molecule has 0 aromatic rings. The average Bonchev–Trinajstić information content (AvgIpc) is 3.12. The second-order valence-corrected chi connectivity index (χ2v) is 16.8. The van der Waals surface area contributed by atoms with E-state index in [9.17, 15) is 19.4 Å². The highest BCUT2D eigenvalue weighted by molar-refractivity contribution is 7.47. The number of carbonyl (C=O) groups is 1. The molecule has 0 aliphatic carbocycles. The Hall–Kier alpha value is -2.06. The third-order valence-electron chi connectivity index (χ3n) is 8.89. The van der Waals surface area contributed by atoms with Gasteiger partial charge in [-0.15, -0.1) is 0 Å². The minimum absolute atomic E-state index is 0.0478. The number of aliphatic hydroxyl groups is 1. The van der Waals surface area contributed by atoms with Crippen LogP contribution in [-0.2, 0) is 18.4 Å². The molecule has 0 aliphatic heterocycles. The first-order chi connectivity index (χ1) is 26.0. The fraction of sp³-hybridized carbons (Fsp3) is 0.711. The van der Waals surface area contributed by atoms with Crippen molar-refractivity contribution < 1.29 is 32.9 Å². The number of rotatable bonds is 37. The van der Waals surface area contributed by atoms with Crippen LogP contribution in [0.2, 0.25) is 0 Å². The first-order valence-electron chi connectivity index (χ1n) is 21.3. The molecular weight excluding hydrogens is 695 g/mol. The Morgan fingerprint density at radius 1 is 0.648 bits per heavy atom. The van der Waals surface area contributed by atoms with Crippen LogP contribution in [0.5, 0.6) is 0 Å². The monoisotopic (exact) mass is 778 g/mol. The molecule has 3 unspecified atom stereocenters. The molecule has 9 heteroatoms. The van der Waals surface area contributed by atoms with Crippen LogP contribution in [0.15, 0.2) is 72.9 Å². The van der Waals surface area contributed by atoms with E-state index < -0.39 is 20.0 Å². The lowest BCUT2D eigenvalue weighted by Gasteiger charge is -2.25. The van der Waals surface area contributed by atoms with Crippen molar-refractivity contribution in [3.63, 3.8) is 0 Å². The van der Waals surface area contributed by atoms with Crippen molar-refractivity contribution in [1.82, 2.24) is 5.32 Å². The van der Waals surface area contributed by atoms with E-state index in [1.807, 2.05) is 27.2 Å². The maximum Gasteiger partial charge on any atom is 0.472 e. The maximum atomic E-state index is 12.8. The minimum atomic E-state index is -4.35. The molecular formula is C45H82N2O6P+. The number of amides is 1. The number of unbranched alkanes of at least 4 members (excludes halogenated alkanes) is 14. The van der Waals surface area contributed by atoms with Gasteiger partial charge < -0.3 is 19.8 Å². The second-order valence-electron chi connectivity index (χ2n) is 15.3. The van der Waals surface area contributed by atoms with Crippen molar-refractivity contribution in [1.29, 1.82) is 0 Å². The Kier molecular flexibility index (Phi) is 35.2. The largest absolute Gasteiger partial charge is 0.472 e. The molecule has 0 aromatic heterocycles. The van der Waals surface area contributed by atoms with Crippen LogP contribution in [0.25, 0.3) is 0 Å². The number of nitrogens with one attached hydrogen (secondary N) is 1. The van der Waals surface area contributed by atoms with Crippen molar-refractivity contribution in [2.75, 3.05) is 40.9 Å². The number of hydrogen-bond acceptors (Lipinski definition) is 5. The minimum Gasteiger partial charge on any atom is -0.387 e. The average molecular weight is 778 g/mol. The van der Waals surface area contributed by atoms with E-state index in [0.717, 1.165) is 77.0 Å².